The van der Waals surface area contributed by atoms with E-state index >= 15 is 0 Å². The van der Waals surface area contributed by atoms with Crippen molar-refractivity contribution in [2.24, 2.45) is 5.92 Å². The Kier molecular flexibility index (Phi) is 5.67. The average molecular weight is 279 g/mol. The molecule has 1 rings (SSSR count). The lowest BCUT2D eigenvalue weighted by Gasteiger charge is -2.19. The molecule has 0 bridgehead atoms. The van der Waals surface area contributed by atoms with Crippen molar-refractivity contribution < 1.29 is 9.53 Å². The van der Waals surface area contributed by atoms with E-state index in [0.29, 0.717) is 23.9 Å². The van der Waals surface area contributed by atoms with Crippen molar-refractivity contribution in [1.82, 2.24) is 5.32 Å². The van der Waals surface area contributed by atoms with Gasteiger partial charge in [-0.1, -0.05) is 13.8 Å². The molecule has 0 saturated carbocycles. The summed E-state index contributed by atoms with van der Waals surface area (Å²) in [5, 5.41) is 2.84. The van der Waals surface area contributed by atoms with E-state index in [9.17, 15) is 4.79 Å². The van der Waals surface area contributed by atoms with E-state index in [1.807, 2.05) is 45.0 Å². The Bertz CT molecular complexity index is 458. The second-order valence-corrected chi connectivity index (χ2v) is 5.52. The van der Waals surface area contributed by atoms with E-state index in [2.05, 4.69) is 5.32 Å². The number of rotatable bonds is 6. The van der Waals surface area contributed by atoms with Gasteiger partial charge in [-0.3, -0.25) is 4.79 Å². The summed E-state index contributed by atoms with van der Waals surface area (Å²) < 4.78 is 5.67. The Morgan fingerprint density at radius 2 is 2.00 bits per heavy atom. The number of benzene rings is 1. The minimum Gasteiger partial charge on any atom is -0.479 e. The van der Waals surface area contributed by atoms with Gasteiger partial charge in [-0.2, -0.15) is 0 Å². The van der Waals surface area contributed by atoms with E-state index in [1.165, 1.54) is 0 Å². The lowest BCUT2D eigenvalue weighted by atomic mass is 10.2. The van der Waals surface area contributed by atoms with Crippen LogP contribution in [0, 0.1) is 5.92 Å². The van der Waals surface area contributed by atoms with Crippen LogP contribution in [-0.4, -0.2) is 32.7 Å². The van der Waals surface area contributed by atoms with Crippen LogP contribution in [0.2, 0.25) is 0 Å². The predicted molar refractivity (Wildman–Crippen MR) is 83.1 cm³/mol. The quantitative estimate of drug-likeness (QED) is 0.780. The first-order valence-corrected chi connectivity index (χ1v) is 6.82. The first kappa shape index (κ1) is 16.1. The molecule has 112 valence electrons. The highest BCUT2D eigenvalue weighted by Crippen LogP contribution is 2.27. The van der Waals surface area contributed by atoms with E-state index in [-0.39, 0.29) is 5.91 Å². The van der Waals surface area contributed by atoms with Gasteiger partial charge in [0.25, 0.3) is 5.91 Å². The van der Waals surface area contributed by atoms with Gasteiger partial charge in [0.15, 0.2) is 6.10 Å². The number of nitrogens with one attached hydrogen (secondary N) is 1. The number of nitrogen functional groups attached to an aromatic ring is 1. The molecule has 0 aliphatic rings. The van der Waals surface area contributed by atoms with Gasteiger partial charge >= 0.3 is 0 Å². The molecule has 0 heterocycles. The van der Waals surface area contributed by atoms with Crippen LogP contribution in [0.4, 0.5) is 11.4 Å². The monoisotopic (exact) mass is 279 g/mol. The molecule has 1 amide bonds. The number of amides is 1. The van der Waals surface area contributed by atoms with Crippen molar-refractivity contribution in [3.05, 3.63) is 18.2 Å². The van der Waals surface area contributed by atoms with Gasteiger partial charge in [0.1, 0.15) is 5.75 Å². The summed E-state index contributed by atoms with van der Waals surface area (Å²) in [6.45, 7) is 6.45. The van der Waals surface area contributed by atoms with Crippen molar-refractivity contribution >= 4 is 17.3 Å². The zero-order valence-electron chi connectivity index (χ0n) is 12.9. The molecule has 20 heavy (non-hydrogen) atoms. The Balaban J connectivity index is 2.72. The highest BCUT2D eigenvalue weighted by molar-refractivity contribution is 5.81. The second-order valence-electron chi connectivity index (χ2n) is 5.52. The molecule has 5 nitrogen and oxygen atoms in total. The fourth-order valence-corrected chi connectivity index (χ4v) is 1.60. The summed E-state index contributed by atoms with van der Waals surface area (Å²) in [7, 11) is 3.88. The molecule has 1 aromatic rings. The summed E-state index contributed by atoms with van der Waals surface area (Å²) >= 11 is 0. The Morgan fingerprint density at radius 3 is 2.55 bits per heavy atom. The molecular formula is C15H25N3O2. The van der Waals surface area contributed by atoms with Crippen molar-refractivity contribution in [3.63, 3.8) is 0 Å². The Hall–Kier alpha value is -1.91. The SMILES string of the molecule is CC(C)CNC(=O)C(C)Oc1cc(N(C)C)ccc1N. The van der Waals surface area contributed by atoms with Gasteiger partial charge in [0.2, 0.25) is 0 Å². The number of anilines is 2. The molecular weight excluding hydrogens is 254 g/mol. The zero-order valence-corrected chi connectivity index (χ0v) is 12.9. The molecule has 0 aliphatic carbocycles. The van der Waals surface area contributed by atoms with Gasteiger partial charge in [-0.15, -0.1) is 0 Å². The molecule has 1 aromatic carbocycles. The highest BCUT2D eigenvalue weighted by atomic mass is 16.5. The van der Waals surface area contributed by atoms with E-state index in [1.54, 1.807) is 13.0 Å². The number of hydrogen-bond donors (Lipinski definition) is 2. The molecule has 5 heteroatoms. The van der Waals surface area contributed by atoms with Crippen molar-refractivity contribution in [3.8, 4) is 5.75 Å². The second kappa shape index (κ2) is 7.03. The lowest BCUT2D eigenvalue weighted by Crippen LogP contribution is -2.38. The van der Waals surface area contributed by atoms with Crippen LogP contribution in [0.5, 0.6) is 5.75 Å². The predicted octanol–water partition coefficient (Wildman–Crippen LogP) is 1.87. The number of nitrogens with two attached hydrogens (primary N) is 1. The average Bonchev–Trinajstić information content (AvgIpc) is 2.37. The maximum Gasteiger partial charge on any atom is 0.260 e. The first-order valence-electron chi connectivity index (χ1n) is 6.82. The van der Waals surface area contributed by atoms with Gasteiger partial charge in [0, 0.05) is 32.4 Å². The summed E-state index contributed by atoms with van der Waals surface area (Å²) in [5.74, 6) is 0.810. The van der Waals surface area contributed by atoms with Crippen LogP contribution in [-0.2, 0) is 4.79 Å². The van der Waals surface area contributed by atoms with E-state index in [4.69, 9.17) is 10.5 Å². The number of nitrogens with zero attached hydrogens (tertiary/aromatic N) is 1. The molecule has 3 N–H and O–H groups in total. The largest absolute Gasteiger partial charge is 0.479 e. The number of carbonyl (C=O) groups excluding carboxylic acids is 1. The fraction of sp³-hybridized carbons (Fsp3) is 0.533. The Labute approximate surface area is 121 Å². The van der Waals surface area contributed by atoms with Gasteiger partial charge in [0.05, 0.1) is 5.69 Å². The van der Waals surface area contributed by atoms with Crippen LogP contribution in [0.1, 0.15) is 20.8 Å². The fourth-order valence-electron chi connectivity index (χ4n) is 1.60. The normalized spacial score (nSPS) is 12.1. The molecule has 0 aromatic heterocycles. The highest BCUT2D eigenvalue weighted by Gasteiger charge is 2.16. The van der Waals surface area contributed by atoms with Crippen LogP contribution in [0.25, 0.3) is 0 Å². The third kappa shape index (κ3) is 4.64. The molecule has 0 radical (unpaired) electrons. The minimum atomic E-state index is -0.575. The number of ether oxygens (including phenoxy) is 1. The standard InChI is InChI=1S/C15H25N3O2/c1-10(2)9-17-15(19)11(3)20-14-8-12(18(4)5)6-7-13(14)16/h6-8,10-11H,9,16H2,1-5H3,(H,17,19). The third-order valence-corrected chi connectivity index (χ3v) is 2.87. The van der Waals surface area contributed by atoms with Crippen LogP contribution in [0.15, 0.2) is 18.2 Å². The van der Waals surface area contributed by atoms with Crippen molar-refractivity contribution in [1.29, 1.82) is 0 Å². The molecule has 0 aliphatic heterocycles. The first-order chi connectivity index (χ1) is 9.31. The maximum absolute atomic E-state index is 11.9. The maximum atomic E-state index is 11.9. The zero-order chi connectivity index (χ0) is 15.3. The molecule has 0 saturated heterocycles. The summed E-state index contributed by atoms with van der Waals surface area (Å²) in [4.78, 5) is 13.8. The molecule has 0 spiro atoms. The smallest absolute Gasteiger partial charge is 0.260 e. The van der Waals surface area contributed by atoms with Gasteiger partial charge < -0.3 is 20.7 Å². The van der Waals surface area contributed by atoms with Gasteiger partial charge in [-0.25, -0.2) is 0 Å². The third-order valence-electron chi connectivity index (χ3n) is 2.87. The summed E-state index contributed by atoms with van der Waals surface area (Å²) in [6, 6.07) is 5.52. The number of carbonyl (C=O) groups is 1. The Morgan fingerprint density at radius 1 is 1.35 bits per heavy atom. The molecule has 1 unspecified atom stereocenters. The van der Waals surface area contributed by atoms with E-state index in [0.717, 1.165) is 5.69 Å². The van der Waals surface area contributed by atoms with Crippen LogP contribution >= 0.6 is 0 Å². The molecule has 1 atom stereocenters. The minimum absolute atomic E-state index is 0.131. The number of hydrogen-bond acceptors (Lipinski definition) is 4. The topological polar surface area (TPSA) is 67.6 Å². The summed E-state index contributed by atoms with van der Waals surface area (Å²) in [6.07, 6.45) is -0.575. The van der Waals surface area contributed by atoms with E-state index < -0.39 is 6.10 Å². The van der Waals surface area contributed by atoms with Gasteiger partial charge in [-0.05, 0) is 25.0 Å². The van der Waals surface area contributed by atoms with Crippen LogP contribution in [0.3, 0.4) is 0 Å². The van der Waals surface area contributed by atoms with Crippen LogP contribution < -0.4 is 20.7 Å². The van der Waals surface area contributed by atoms with Crippen molar-refractivity contribution in [2.75, 3.05) is 31.3 Å². The lowest BCUT2D eigenvalue weighted by molar-refractivity contribution is -0.127. The molecule has 0 fully saturated rings. The summed E-state index contributed by atoms with van der Waals surface area (Å²) in [5.41, 5.74) is 7.39. The van der Waals surface area contributed by atoms with Crippen molar-refractivity contribution in [2.45, 2.75) is 26.9 Å².